The van der Waals surface area contributed by atoms with E-state index in [0.717, 1.165) is 34.1 Å². The van der Waals surface area contributed by atoms with Gasteiger partial charge < -0.3 is 28.4 Å². The minimum atomic E-state index is -1.48. The lowest BCUT2D eigenvalue weighted by Gasteiger charge is -2.42. The van der Waals surface area contributed by atoms with E-state index in [4.69, 9.17) is 23.7 Å². The van der Waals surface area contributed by atoms with Crippen molar-refractivity contribution in [3.8, 4) is 0 Å². The van der Waals surface area contributed by atoms with Gasteiger partial charge in [0.1, 0.15) is 0 Å². The molecule has 1 heterocycles. The fraction of sp³-hybridized carbons (Fsp3) is 0.600. The summed E-state index contributed by atoms with van der Waals surface area (Å²) in [4.78, 5) is 46.3. The Morgan fingerprint density at radius 2 is 1.36 bits per heavy atom. The fourth-order valence-electron chi connectivity index (χ4n) is 2.28. The Hall–Kier alpha value is -2.62. The third-order valence-electron chi connectivity index (χ3n) is 3.06. The average Bonchev–Trinajstić information content (AvgIpc) is 2.50. The van der Waals surface area contributed by atoms with E-state index in [1.54, 1.807) is 0 Å². The first-order valence-electron chi connectivity index (χ1n) is 7.22. The summed E-state index contributed by atoms with van der Waals surface area (Å²) in [5.74, 6) is -3.17. The summed E-state index contributed by atoms with van der Waals surface area (Å²) in [5.41, 5.74) is 0. The maximum atomic E-state index is 12.0. The van der Waals surface area contributed by atoms with Crippen LogP contribution in [0.15, 0.2) is 12.8 Å². The second-order valence-corrected chi connectivity index (χ2v) is 4.97. The minimum absolute atomic E-state index is 0.735. The van der Waals surface area contributed by atoms with E-state index < -0.39 is 54.6 Å². The Bertz CT molecular complexity index is 542. The quantitative estimate of drug-likeness (QED) is 0.358. The lowest BCUT2D eigenvalue weighted by atomic mass is 9.97. The van der Waals surface area contributed by atoms with Gasteiger partial charge in [0.25, 0.3) is 0 Å². The summed E-state index contributed by atoms with van der Waals surface area (Å²) in [6.07, 6.45) is -5.93. The molecule has 10 heteroatoms. The number of carbonyl (C=O) groups excluding carboxylic acids is 4. The standard InChI is InChI=1S/C15H20O10/c1-6-21-15-13(24-9(4)18)11(23-8(3)17)10(22-7(2)16)12(25-15)14(19)20-5/h6,10-13,15H,1H2,2-5H3/t10?,11-,12?,13?,15+/m0/s1. The molecule has 25 heavy (non-hydrogen) atoms. The predicted octanol–water partition coefficient (Wildman–Crippen LogP) is -0.160. The van der Waals surface area contributed by atoms with Gasteiger partial charge in [-0.3, -0.25) is 14.4 Å². The molecule has 0 bridgehead atoms. The Morgan fingerprint density at radius 1 is 0.880 bits per heavy atom. The number of esters is 4. The highest BCUT2D eigenvalue weighted by Crippen LogP contribution is 2.30. The lowest BCUT2D eigenvalue weighted by molar-refractivity contribution is -0.290. The second-order valence-electron chi connectivity index (χ2n) is 4.97. The van der Waals surface area contributed by atoms with Crippen molar-refractivity contribution in [3.05, 3.63) is 12.8 Å². The van der Waals surface area contributed by atoms with Gasteiger partial charge in [-0.1, -0.05) is 6.58 Å². The molecule has 140 valence electrons. The smallest absolute Gasteiger partial charge is 0.339 e. The van der Waals surface area contributed by atoms with E-state index in [1.807, 2.05) is 0 Å². The lowest BCUT2D eigenvalue weighted by Crippen LogP contribution is -2.63. The maximum absolute atomic E-state index is 12.0. The number of hydrogen-bond donors (Lipinski definition) is 0. The topological polar surface area (TPSA) is 124 Å². The molecule has 0 saturated carbocycles. The van der Waals surface area contributed by atoms with Gasteiger partial charge in [0.2, 0.25) is 12.4 Å². The minimum Gasteiger partial charge on any atom is -0.469 e. The molecule has 1 aliphatic rings. The first-order valence-corrected chi connectivity index (χ1v) is 7.22. The SMILES string of the molecule is C=CO[C@@H]1OC(C(=O)OC)C(OC(C)=O)[C@H](OC(C)=O)C1OC(C)=O. The monoisotopic (exact) mass is 360 g/mol. The van der Waals surface area contributed by atoms with E-state index in [0.29, 0.717) is 0 Å². The zero-order valence-corrected chi connectivity index (χ0v) is 14.3. The van der Waals surface area contributed by atoms with Gasteiger partial charge in [0.05, 0.1) is 13.4 Å². The van der Waals surface area contributed by atoms with Crippen LogP contribution in [-0.2, 0) is 47.6 Å². The molecular formula is C15H20O10. The molecule has 0 radical (unpaired) electrons. The van der Waals surface area contributed by atoms with Crippen LogP contribution < -0.4 is 0 Å². The maximum Gasteiger partial charge on any atom is 0.339 e. The fourth-order valence-corrected chi connectivity index (χ4v) is 2.28. The third-order valence-corrected chi connectivity index (χ3v) is 3.06. The molecule has 3 unspecified atom stereocenters. The number of rotatable bonds is 6. The van der Waals surface area contributed by atoms with Gasteiger partial charge in [-0.2, -0.15) is 0 Å². The molecule has 1 aliphatic heterocycles. The van der Waals surface area contributed by atoms with Crippen LogP contribution in [0.25, 0.3) is 0 Å². The van der Waals surface area contributed by atoms with Crippen LogP contribution in [0.3, 0.4) is 0 Å². The molecule has 0 amide bonds. The first kappa shape index (κ1) is 20.4. The molecule has 0 aromatic heterocycles. The molecule has 10 nitrogen and oxygen atoms in total. The van der Waals surface area contributed by atoms with Crippen molar-refractivity contribution in [2.24, 2.45) is 0 Å². The van der Waals surface area contributed by atoms with Crippen LogP contribution in [0.1, 0.15) is 20.8 Å². The van der Waals surface area contributed by atoms with Crippen LogP contribution >= 0.6 is 0 Å². The summed E-state index contributed by atoms with van der Waals surface area (Å²) in [5, 5.41) is 0. The van der Waals surface area contributed by atoms with Gasteiger partial charge in [-0.05, 0) is 0 Å². The Labute approximate surface area is 143 Å². The van der Waals surface area contributed by atoms with Crippen LogP contribution in [-0.4, -0.2) is 61.7 Å². The molecule has 0 aromatic carbocycles. The van der Waals surface area contributed by atoms with Crippen molar-refractivity contribution in [1.82, 2.24) is 0 Å². The van der Waals surface area contributed by atoms with Crippen LogP contribution in [0.2, 0.25) is 0 Å². The summed E-state index contributed by atoms with van der Waals surface area (Å²) < 4.78 is 30.4. The zero-order chi connectivity index (χ0) is 19.1. The summed E-state index contributed by atoms with van der Waals surface area (Å²) in [7, 11) is 1.10. The van der Waals surface area contributed by atoms with Crippen molar-refractivity contribution in [2.45, 2.75) is 51.5 Å². The van der Waals surface area contributed by atoms with Crippen LogP contribution in [0.4, 0.5) is 0 Å². The van der Waals surface area contributed by atoms with Gasteiger partial charge >= 0.3 is 23.9 Å². The normalized spacial score (nSPS) is 28.2. The number of hydrogen-bond acceptors (Lipinski definition) is 10. The molecule has 5 atom stereocenters. The highest BCUT2D eigenvalue weighted by atomic mass is 16.7. The van der Waals surface area contributed by atoms with E-state index in [2.05, 4.69) is 11.3 Å². The number of methoxy groups -OCH3 is 1. The molecule has 0 N–H and O–H groups in total. The Morgan fingerprint density at radius 3 is 1.80 bits per heavy atom. The van der Waals surface area contributed by atoms with Gasteiger partial charge in [-0.25, -0.2) is 4.79 Å². The van der Waals surface area contributed by atoms with Gasteiger partial charge in [-0.15, -0.1) is 0 Å². The Kier molecular flexibility index (Phi) is 7.37. The highest BCUT2D eigenvalue weighted by molar-refractivity contribution is 5.77. The van der Waals surface area contributed by atoms with Crippen molar-refractivity contribution < 1.29 is 47.6 Å². The first-order chi connectivity index (χ1) is 11.7. The van der Waals surface area contributed by atoms with Crippen molar-refractivity contribution in [1.29, 1.82) is 0 Å². The highest BCUT2D eigenvalue weighted by Gasteiger charge is 2.55. The summed E-state index contributed by atoms with van der Waals surface area (Å²) in [6, 6.07) is 0. The van der Waals surface area contributed by atoms with Crippen molar-refractivity contribution >= 4 is 23.9 Å². The van der Waals surface area contributed by atoms with E-state index in [1.165, 1.54) is 0 Å². The molecule has 0 aliphatic carbocycles. The van der Waals surface area contributed by atoms with Crippen molar-refractivity contribution in [2.75, 3.05) is 7.11 Å². The molecule has 1 saturated heterocycles. The number of ether oxygens (including phenoxy) is 6. The molecule has 0 spiro atoms. The van der Waals surface area contributed by atoms with Gasteiger partial charge in [0.15, 0.2) is 18.3 Å². The van der Waals surface area contributed by atoms with Crippen LogP contribution in [0, 0.1) is 0 Å². The predicted molar refractivity (Wildman–Crippen MR) is 78.6 cm³/mol. The van der Waals surface area contributed by atoms with Crippen molar-refractivity contribution in [3.63, 3.8) is 0 Å². The zero-order valence-electron chi connectivity index (χ0n) is 14.3. The molecule has 1 rings (SSSR count). The van der Waals surface area contributed by atoms with Gasteiger partial charge in [0, 0.05) is 20.8 Å². The summed E-state index contributed by atoms with van der Waals surface area (Å²) in [6.45, 7) is 6.66. The number of carbonyl (C=O) groups is 4. The van der Waals surface area contributed by atoms with E-state index >= 15 is 0 Å². The molecule has 1 fully saturated rings. The van der Waals surface area contributed by atoms with E-state index in [9.17, 15) is 19.2 Å². The average molecular weight is 360 g/mol. The summed E-state index contributed by atoms with van der Waals surface area (Å²) >= 11 is 0. The van der Waals surface area contributed by atoms with E-state index in [-0.39, 0.29) is 0 Å². The largest absolute Gasteiger partial charge is 0.469 e. The van der Waals surface area contributed by atoms with Crippen LogP contribution in [0.5, 0.6) is 0 Å². The molecule has 0 aromatic rings. The third kappa shape index (κ3) is 5.45. The Balaban J connectivity index is 3.33. The second kappa shape index (κ2) is 9.02. The molecular weight excluding hydrogens is 340 g/mol.